The third kappa shape index (κ3) is 1.07. The lowest BCUT2D eigenvalue weighted by Gasteiger charge is -1.87. The van der Waals surface area contributed by atoms with Crippen molar-refractivity contribution in [2.75, 3.05) is 7.05 Å². The first-order valence-corrected chi connectivity index (χ1v) is 2.45. The number of oxazole rings is 1. The predicted octanol–water partition coefficient (Wildman–Crippen LogP) is 0.394. The molecule has 3 heteroatoms. The topological polar surface area (TPSA) is 38.1 Å². The molecule has 0 aromatic carbocycles. The monoisotopic (exact) mass is 112 g/mol. The second-order valence-corrected chi connectivity index (χ2v) is 1.50. The van der Waals surface area contributed by atoms with E-state index in [-0.39, 0.29) is 0 Å². The van der Waals surface area contributed by atoms with Crippen LogP contribution in [-0.4, -0.2) is 12.0 Å². The summed E-state index contributed by atoms with van der Waals surface area (Å²) in [4.78, 5) is 3.73. The molecular weight excluding hydrogens is 104 g/mol. The fourth-order valence-electron chi connectivity index (χ4n) is 0.504. The summed E-state index contributed by atoms with van der Waals surface area (Å²) in [5, 5.41) is 2.94. The molecule has 0 aliphatic carbocycles. The molecule has 0 saturated carbocycles. The molecule has 0 unspecified atom stereocenters. The summed E-state index contributed by atoms with van der Waals surface area (Å²) in [6.45, 7) is 0.750. The fraction of sp³-hybridized carbons (Fsp3) is 0.400. The van der Waals surface area contributed by atoms with Crippen LogP contribution in [0, 0.1) is 0 Å². The van der Waals surface area contributed by atoms with E-state index in [4.69, 9.17) is 4.42 Å². The molecule has 0 atom stereocenters. The zero-order valence-electron chi connectivity index (χ0n) is 4.72. The largest absolute Gasteiger partial charge is 0.447 e. The quantitative estimate of drug-likeness (QED) is 0.601. The Kier molecular flexibility index (Phi) is 1.64. The number of hydrogen-bond donors (Lipinski definition) is 1. The van der Waals surface area contributed by atoms with Crippen molar-refractivity contribution in [2.24, 2.45) is 0 Å². The van der Waals surface area contributed by atoms with E-state index in [1.165, 1.54) is 6.39 Å². The van der Waals surface area contributed by atoms with Gasteiger partial charge in [0.1, 0.15) is 5.76 Å². The minimum atomic E-state index is 0.750. The van der Waals surface area contributed by atoms with Gasteiger partial charge in [-0.2, -0.15) is 0 Å². The first-order valence-electron chi connectivity index (χ1n) is 2.45. The van der Waals surface area contributed by atoms with Gasteiger partial charge in [-0.25, -0.2) is 4.98 Å². The van der Waals surface area contributed by atoms with Crippen LogP contribution < -0.4 is 5.32 Å². The summed E-state index contributed by atoms with van der Waals surface area (Å²) in [5.74, 6) is 0.868. The van der Waals surface area contributed by atoms with Gasteiger partial charge in [0.05, 0.1) is 12.7 Å². The van der Waals surface area contributed by atoms with Gasteiger partial charge in [-0.1, -0.05) is 0 Å². The maximum Gasteiger partial charge on any atom is 0.180 e. The molecule has 1 heterocycles. The third-order valence-electron chi connectivity index (χ3n) is 0.834. The Bertz CT molecular complexity index is 136. The van der Waals surface area contributed by atoms with Crippen LogP contribution in [0.1, 0.15) is 5.76 Å². The van der Waals surface area contributed by atoms with Crippen molar-refractivity contribution in [3.05, 3.63) is 18.4 Å². The van der Waals surface area contributed by atoms with Crippen molar-refractivity contribution in [1.29, 1.82) is 0 Å². The molecule has 1 N–H and O–H groups in total. The lowest BCUT2D eigenvalue weighted by molar-refractivity contribution is 0.490. The minimum absolute atomic E-state index is 0.750. The molecule has 1 rings (SSSR count). The average molecular weight is 112 g/mol. The summed E-state index contributed by atoms with van der Waals surface area (Å²) >= 11 is 0. The molecule has 0 radical (unpaired) electrons. The highest BCUT2D eigenvalue weighted by Crippen LogP contribution is 1.92. The highest BCUT2D eigenvalue weighted by molar-refractivity contribution is 4.86. The normalized spacial score (nSPS) is 9.62. The Morgan fingerprint density at radius 2 is 2.75 bits per heavy atom. The number of nitrogens with zero attached hydrogens (tertiary/aromatic N) is 1. The van der Waals surface area contributed by atoms with E-state index in [1.807, 2.05) is 7.05 Å². The van der Waals surface area contributed by atoms with E-state index in [0.29, 0.717) is 0 Å². The zero-order valence-corrected chi connectivity index (χ0v) is 4.72. The molecule has 0 fully saturated rings. The third-order valence-corrected chi connectivity index (χ3v) is 0.834. The molecule has 44 valence electrons. The van der Waals surface area contributed by atoms with Crippen molar-refractivity contribution in [3.63, 3.8) is 0 Å². The van der Waals surface area contributed by atoms with Gasteiger partial charge >= 0.3 is 0 Å². The van der Waals surface area contributed by atoms with Gasteiger partial charge in [0.25, 0.3) is 0 Å². The summed E-state index contributed by atoms with van der Waals surface area (Å²) in [6, 6.07) is 0. The van der Waals surface area contributed by atoms with Crippen LogP contribution in [0.25, 0.3) is 0 Å². The first-order chi connectivity index (χ1) is 3.93. The lowest BCUT2D eigenvalue weighted by atomic mass is 10.5. The van der Waals surface area contributed by atoms with Gasteiger partial charge in [-0.05, 0) is 7.05 Å². The summed E-state index contributed by atoms with van der Waals surface area (Å²) < 4.78 is 4.90. The van der Waals surface area contributed by atoms with Gasteiger partial charge in [0, 0.05) is 0 Å². The SMILES string of the molecule is CNCc1cnco1. The molecule has 1 aromatic heterocycles. The van der Waals surface area contributed by atoms with Gasteiger partial charge in [0.15, 0.2) is 6.39 Å². The van der Waals surface area contributed by atoms with E-state index < -0.39 is 0 Å². The molecule has 0 aliphatic rings. The highest BCUT2D eigenvalue weighted by Gasteiger charge is 1.89. The Balaban J connectivity index is 2.50. The van der Waals surface area contributed by atoms with E-state index in [2.05, 4.69) is 10.3 Å². The van der Waals surface area contributed by atoms with Crippen LogP contribution in [0.4, 0.5) is 0 Å². The number of hydrogen-bond acceptors (Lipinski definition) is 3. The Labute approximate surface area is 47.7 Å². The van der Waals surface area contributed by atoms with Crippen LogP contribution in [-0.2, 0) is 6.54 Å². The van der Waals surface area contributed by atoms with Crippen molar-refractivity contribution < 1.29 is 4.42 Å². The molecular formula is C5H8N2O. The van der Waals surface area contributed by atoms with E-state index in [9.17, 15) is 0 Å². The molecule has 0 amide bonds. The summed E-state index contributed by atoms with van der Waals surface area (Å²) in [5.41, 5.74) is 0. The van der Waals surface area contributed by atoms with E-state index >= 15 is 0 Å². The minimum Gasteiger partial charge on any atom is -0.447 e. The molecule has 3 nitrogen and oxygen atoms in total. The van der Waals surface area contributed by atoms with Crippen LogP contribution in [0.15, 0.2) is 17.0 Å². The standard InChI is InChI=1S/C5H8N2O/c1-6-2-5-3-7-4-8-5/h3-4,6H,2H2,1H3. The van der Waals surface area contributed by atoms with Crippen molar-refractivity contribution in [1.82, 2.24) is 10.3 Å². The highest BCUT2D eigenvalue weighted by atomic mass is 16.3. The summed E-state index contributed by atoms with van der Waals surface area (Å²) in [6.07, 6.45) is 3.11. The smallest absolute Gasteiger partial charge is 0.180 e. The van der Waals surface area contributed by atoms with E-state index in [1.54, 1.807) is 6.20 Å². The fourth-order valence-corrected chi connectivity index (χ4v) is 0.504. The Morgan fingerprint density at radius 3 is 3.25 bits per heavy atom. The molecule has 1 aromatic rings. The molecule has 0 aliphatic heterocycles. The average Bonchev–Trinajstić information content (AvgIpc) is 2.19. The number of nitrogens with one attached hydrogen (secondary N) is 1. The van der Waals surface area contributed by atoms with E-state index in [0.717, 1.165) is 12.3 Å². The Morgan fingerprint density at radius 1 is 1.88 bits per heavy atom. The number of aromatic nitrogens is 1. The molecule has 0 spiro atoms. The van der Waals surface area contributed by atoms with Crippen molar-refractivity contribution in [3.8, 4) is 0 Å². The van der Waals surface area contributed by atoms with Crippen LogP contribution >= 0.6 is 0 Å². The second kappa shape index (κ2) is 2.47. The van der Waals surface area contributed by atoms with Crippen molar-refractivity contribution in [2.45, 2.75) is 6.54 Å². The second-order valence-electron chi connectivity index (χ2n) is 1.50. The van der Waals surface area contributed by atoms with Gasteiger partial charge < -0.3 is 9.73 Å². The molecule has 8 heavy (non-hydrogen) atoms. The molecule has 0 bridgehead atoms. The predicted molar refractivity (Wildman–Crippen MR) is 29.3 cm³/mol. The number of rotatable bonds is 2. The zero-order chi connectivity index (χ0) is 5.82. The Hall–Kier alpha value is -0.830. The van der Waals surface area contributed by atoms with Crippen LogP contribution in [0.5, 0.6) is 0 Å². The van der Waals surface area contributed by atoms with Crippen LogP contribution in [0.3, 0.4) is 0 Å². The maximum atomic E-state index is 4.90. The van der Waals surface area contributed by atoms with Gasteiger partial charge in [-0.3, -0.25) is 0 Å². The van der Waals surface area contributed by atoms with Gasteiger partial charge in [-0.15, -0.1) is 0 Å². The van der Waals surface area contributed by atoms with Crippen LogP contribution in [0.2, 0.25) is 0 Å². The van der Waals surface area contributed by atoms with Gasteiger partial charge in [0.2, 0.25) is 0 Å². The summed E-state index contributed by atoms with van der Waals surface area (Å²) in [7, 11) is 1.86. The van der Waals surface area contributed by atoms with Crippen molar-refractivity contribution >= 4 is 0 Å². The first kappa shape index (κ1) is 5.31. The molecule has 0 saturated heterocycles. The maximum absolute atomic E-state index is 4.90. The lowest BCUT2D eigenvalue weighted by Crippen LogP contribution is -2.03.